The molecule has 1 aromatic rings. The van der Waals surface area contributed by atoms with Crippen LogP contribution in [-0.2, 0) is 16.8 Å². The molecular formula is C18H24O5S. The molecule has 0 saturated heterocycles. The fourth-order valence-corrected chi connectivity index (χ4v) is 6.05. The highest BCUT2D eigenvalue weighted by molar-refractivity contribution is 7.81. The van der Waals surface area contributed by atoms with E-state index in [1.54, 1.807) is 12.1 Å². The molecule has 0 heterocycles. The van der Waals surface area contributed by atoms with Crippen LogP contribution in [0.3, 0.4) is 0 Å². The molecule has 3 aliphatic carbocycles. The van der Waals surface area contributed by atoms with Gasteiger partial charge in [0.2, 0.25) is 0 Å². The van der Waals surface area contributed by atoms with Crippen LogP contribution in [-0.4, -0.2) is 24.2 Å². The van der Waals surface area contributed by atoms with Crippen molar-refractivity contribution in [3.63, 3.8) is 0 Å². The first-order chi connectivity index (χ1) is 11.3. The molecule has 4 rings (SSSR count). The topological polar surface area (TPSA) is 83.8 Å². The molecule has 1 aromatic carbocycles. The first-order valence-electron chi connectivity index (χ1n) is 8.76. The summed E-state index contributed by atoms with van der Waals surface area (Å²) in [6.07, 6.45) is 5.93. The van der Waals surface area contributed by atoms with Gasteiger partial charge in [-0.25, -0.2) is 0 Å². The number of hydrogen-bond acceptors (Lipinski definition) is 4. The SMILES string of the molecule is CC12CCC3c4ccc(OS(=O)(=O)O)cc4CCC3C1CC[C@@H]2O. The maximum Gasteiger partial charge on any atom is 0.446 e. The first kappa shape index (κ1) is 16.4. The van der Waals surface area contributed by atoms with Gasteiger partial charge < -0.3 is 9.29 Å². The molecule has 2 fully saturated rings. The van der Waals surface area contributed by atoms with Crippen molar-refractivity contribution < 1.29 is 22.3 Å². The number of aryl methyl sites for hydroxylation is 1. The van der Waals surface area contributed by atoms with E-state index in [-0.39, 0.29) is 17.3 Å². The molecule has 0 bridgehead atoms. The van der Waals surface area contributed by atoms with Crippen molar-refractivity contribution in [2.45, 2.75) is 57.5 Å². The summed E-state index contributed by atoms with van der Waals surface area (Å²) >= 11 is 0. The van der Waals surface area contributed by atoms with Crippen LogP contribution in [0.2, 0.25) is 0 Å². The van der Waals surface area contributed by atoms with E-state index in [0.717, 1.165) is 44.1 Å². The van der Waals surface area contributed by atoms with Gasteiger partial charge in [-0.3, -0.25) is 4.55 Å². The lowest BCUT2D eigenvalue weighted by Crippen LogP contribution is -2.43. The van der Waals surface area contributed by atoms with Gasteiger partial charge in [-0.15, -0.1) is 0 Å². The van der Waals surface area contributed by atoms with Crippen LogP contribution in [0, 0.1) is 17.3 Å². The molecule has 24 heavy (non-hydrogen) atoms. The predicted octanol–water partition coefficient (Wildman–Crippen LogP) is 3.09. The van der Waals surface area contributed by atoms with Crippen LogP contribution in [0.1, 0.15) is 56.1 Å². The van der Waals surface area contributed by atoms with Crippen LogP contribution < -0.4 is 4.18 Å². The molecule has 0 amide bonds. The average molecular weight is 352 g/mol. The maximum absolute atomic E-state index is 10.9. The Bertz CT molecular complexity index is 759. The monoisotopic (exact) mass is 352 g/mol. The quantitative estimate of drug-likeness (QED) is 0.799. The van der Waals surface area contributed by atoms with E-state index in [9.17, 15) is 13.5 Å². The van der Waals surface area contributed by atoms with Gasteiger partial charge in [0.25, 0.3) is 0 Å². The molecule has 0 spiro atoms. The third-order valence-electron chi connectivity index (χ3n) is 6.85. The summed E-state index contributed by atoms with van der Waals surface area (Å²) in [7, 11) is -4.48. The van der Waals surface area contributed by atoms with Gasteiger partial charge in [-0.2, -0.15) is 8.42 Å². The Morgan fingerprint density at radius 3 is 2.75 bits per heavy atom. The third kappa shape index (κ3) is 2.55. The van der Waals surface area contributed by atoms with Crippen molar-refractivity contribution >= 4 is 10.4 Å². The van der Waals surface area contributed by atoms with Gasteiger partial charge in [-0.1, -0.05) is 13.0 Å². The van der Waals surface area contributed by atoms with Gasteiger partial charge >= 0.3 is 10.4 Å². The lowest BCUT2D eigenvalue weighted by atomic mass is 9.55. The zero-order chi connectivity index (χ0) is 17.1. The van der Waals surface area contributed by atoms with Gasteiger partial charge in [0.1, 0.15) is 5.75 Å². The summed E-state index contributed by atoms with van der Waals surface area (Å²) in [6, 6.07) is 5.34. The number of benzene rings is 1. The van der Waals surface area contributed by atoms with Crippen LogP contribution in [0.4, 0.5) is 0 Å². The smallest absolute Gasteiger partial charge is 0.393 e. The average Bonchev–Trinajstić information content (AvgIpc) is 2.81. The van der Waals surface area contributed by atoms with Crippen molar-refractivity contribution in [1.29, 1.82) is 0 Å². The Morgan fingerprint density at radius 1 is 1.21 bits per heavy atom. The number of aliphatic hydroxyl groups is 1. The van der Waals surface area contributed by atoms with E-state index in [1.807, 2.05) is 6.07 Å². The highest BCUT2D eigenvalue weighted by Gasteiger charge is 2.54. The summed E-state index contributed by atoms with van der Waals surface area (Å²) < 4.78 is 35.2. The van der Waals surface area contributed by atoms with Crippen LogP contribution >= 0.6 is 0 Å². The fraction of sp³-hybridized carbons (Fsp3) is 0.667. The Balaban J connectivity index is 1.63. The number of aliphatic hydroxyl groups excluding tert-OH is 1. The van der Waals surface area contributed by atoms with E-state index >= 15 is 0 Å². The van der Waals surface area contributed by atoms with Gasteiger partial charge in [0.15, 0.2) is 0 Å². The third-order valence-corrected chi connectivity index (χ3v) is 7.25. The molecule has 2 saturated carbocycles. The first-order valence-corrected chi connectivity index (χ1v) is 10.1. The minimum atomic E-state index is -4.48. The number of rotatable bonds is 2. The summed E-state index contributed by atoms with van der Waals surface area (Å²) in [5, 5.41) is 10.4. The summed E-state index contributed by atoms with van der Waals surface area (Å²) in [4.78, 5) is 0. The molecule has 0 radical (unpaired) electrons. The highest BCUT2D eigenvalue weighted by atomic mass is 32.3. The maximum atomic E-state index is 10.9. The Labute approximate surface area is 143 Å². The van der Waals surface area contributed by atoms with Crippen LogP contribution in [0.5, 0.6) is 5.75 Å². The lowest BCUT2D eigenvalue weighted by molar-refractivity contribution is -0.0226. The zero-order valence-electron chi connectivity index (χ0n) is 13.8. The van der Waals surface area contributed by atoms with Crippen LogP contribution in [0.15, 0.2) is 18.2 Å². The van der Waals surface area contributed by atoms with Crippen molar-refractivity contribution in [3.8, 4) is 5.75 Å². The molecule has 0 aromatic heterocycles. The van der Waals surface area contributed by atoms with Gasteiger partial charge in [0, 0.05) is 0 Å². The summed E-state index contributed by atoms with van der Waals surface area (Å²) in [5.74, 6) is 1.83. The Kier molecular flexibility index (Phi) is 3.71. The van der Waals surface area contributed by atoms with E-state index in [1.165, 1.54) is 5.56 Å². The van der Waals surface area contributed by atoms with E-state index in [2.05, 4.69) is 11.1 Å². The van der Waals surface area contributed by atoms with Gasteiger partial charge in [0.05, 0.1) is 6.10 Å². The minimum absolute atomic E-state index is 0.0622. The lowest BCUT2D eigenvalue weighted by Gasteiger charge is -2.50. The second-order valence-electron chi connectivity index (χ2n) is 7.92. The second-order valence-corrected chi connectivity index (χ2v) is 8.95. The Hall–Kier alpha value is -1.11. The zero-order valence-corrected chi connectivity index (χ0v) is 14.6. The molecule has 2 N–H and O–H groups in total. The predicted molar refractivity (Wildman–Crippen MR) is 89.2 cm³/mol. The molecule has 132 valence electrons. The van der Waals surface area contributed by atoms with Crippen molar-refractivity contribution in [1.82, 2.24) is 0 Å². The molecule has 0 aliphatic heterocycles. The largest absolute Gasteiger partial charge is 0.446 e. The number of hydrogen-bond donors (Lipinski definition) is 2. The molecular weight excluding hydrogens is 328 g/mol. The Morgan fingerprint density at radius 2 is 2.00 bits per heavy atom. The second kappa shape index (κ2) is 5.44. The molecule has 5 atom stereocenters. The fourth-order valence-electron chi connectivity index (χ4n) is 5.70. The van der Waals surface area contributed by atoms with Crippen LogP contribution in [0.25, 0.3) is 0 Å². The molecule has 4 unspecified atom stereocenters. The van der Waals surface area contributed by atoms with E-state index in [0.29, 0.717) is 17.8 Å². The number of fused-ring (bicyclic) bond motifs is 5. The summed E-state index contributed by atoms with van der Waals surface area (Å²) in [5.41, 5.74) is 2.48. The van der Waals surface area contributed by atoms with Crippen molar-refractivity contribution in [2.24, 2.45) is 17.3 Å². The van der Waals surface area contributed by atoms with Gasteiger partial charge in [-0.05, 0) is 85.0 Å². The minimum Gasteiger partial charge on any atom is -0.393 e. The van der Waals surface area contributed by atoms with Crippen molar-refractivity contribution in [2.75, 3.05) is 0 Å². The highest BCUT2D eigenvalue weighted by Crippen LogP contribution is 2.60. The molecule has 6 heteroatoms. The summed E-state index contributed by atoms with van der Waals surface area (Å²) in [6.45, 7) is 2.25. The van der Waals surface area contributed by atoms with E-state index < -0.39 is 10.4 Å². The van der Waals surface area contributed by atoms with Crippen molar-refractivity contribution in [3.05, 3.63) is 29.3 Å². The van der Waals surface area contributed by atoms with E-state index in [4.69, 9.17) is 4.55 Å². The standard InChI is InChI=1S/C18H24O5S/c1-18-9-8-14-13-5-3-12(23-24(20,21)22)10-11(13)2-4-15(14)16(18)6-7-17(18)19/h3,5,10,14-17,19H,2,4,6-9H2,1H3,(H,20,21,22)/t14?,15?,16?,17-,18?/m0/s1. The molecule has 5 nitrogen and oxygen atoms in total. The molecule has 3 aliphatic rings. The normalized spacial score (nSPS) is 38.1.